The highest BCUT2D eigenvalue weighted by Gasteiger charge is 2.30. The normalized spacial score (nSPS) is 16.2. The zero-order chi connectivity index (χ0) is 22.8. The van der Waals surface area contributed by atoms with Crippen molar-refractivity contribution in [2.24, 2.45) is 7.05 Å². The van der Waals surface area contributed by atoms with Gasteiger partial charge in [-0.25, -0.2) is 9.97 Å². The number of hydrogen-bond donors (Lipinski definition) is 0. The minimum atomic E-state index is 0.0325. The maximum atomic E-state index is 13.2. The predicted octanol–water partition coefficient (Wildman–Crippen LogP) is 3.28. The van der Waals surface area contributed by atoms with E-state index in [1.165, 1.54) is 0 Å². The van der Waals surface area contributed by atoms with Crippen molar-refractivity contribution >= 4 is 11.9 Å². The summed E-state index contributed by atoms with van der Waals surface area (Å²) in [4.78, 5) is 26.6. The first-order valence-electron chi connectivity index (χ1n) is 10.9. The molecular weight excluding hydrogens is 404 g/mol. The molecule has 1 unspecified atom stereocenters. The fraction of sp³-hybridized carbons (Fsp3) is 0.417. The number of likely N-dealkylation sites (tertiary alicyclic amines) is 1. The van der Waals surface area contributed by atoms with Crippen molar-refractivity contribution in [1.82, 2.24) is 24.6 Å². The lowest BCUT2D eigenvalue weighted by atomic mass is 9.89. The van der Waals surface area contributed by atoms with Crippen molar-refractivity contribution < 1.29 is 9.53 Å². The molecule has 3 heterocycles. The van der Waals surface area contributed by atoms with Crippen molar-refractivity contribution in [1.29, 1.82) is 0 Å². The second-order valence-corrected chi connectivity index (χ2v) is 8.45. The molecule has 0 spiro atoms. The number of carbonyl (C=O) groups is 1. The van der Waals surface area contributed by atoms with Crippen LogP contribution in [-0.4, -0.2) is 64.9 Å². The number of rotatable bonds is 5. The minimum absolute atomic E-state index is 0.0325. The van der Waals surface area contributed by atoms with Crippen LogP contribution in [0, 0.1) is 6.92 Å². The average Bonchev–Trinajstić information content (AvgIpc) is 3.16. The first kappa shape index (κ1) is 21.8. The summed E-state index contributed by atoms with van der Waals surface area (Å²) < 4.78 is 7.16. The Balaban J connectivity index is 1.70. The van der Waals surface area contributed by atoms with Gasteiger partial charge in [-0.3, -0.25) is 9.48 Å². The highest BCUT2D eigenvalue weighted by atomic mass is 16.5. The molecule has 1 aliphatic heterocycles. The maximum absolute atomic E-state index is 13.2. The zero-order valence-corrected chi connectivity index (χ0v) is 19.4. The molecule has 32 heavy (non-hydrogen) atoms. The molecule has 2 aromatic heterocycles. The third-order valence-corrected chi connectivity index (χ3v) is 6.15. The molecule has 1 fully saturated rings. The summed E-state index contributed by atoms with van der Waals surface area (Å²) in [7, 11) is 7.39. The van der Waals surface area contributed by atoms with E-state index in [4.69, 9.17) is 9.72 Å². The summed E-state index contributed by atoms with van der Waals surface area (Å²) in [5.74, 6) is 1.61. The Morgan fingerprint density at radius 1 is 1.25 bits per heavy atom. The lowest BCUT2D eigenvalue weighted by Crippen LogP contribution is -2.39. The van der Waals surface area contributed by atoms with Gasteiger partial charge in [0.2, 0.25) is 5.95 Å². The second-order valence-electron chi connectivity index (χ2n) is 8.45. The van der Waals surface area contributed by atoms with Crippen LogP contribution in [0.25, 0.3) is 11.1 Å². The fourth-order valence-corrected chi connectivity index (χ4v) is 4.19. The van der Waals surface area contributed by atoms with E-state index >= 15 is 0 Å². The Morgan fingerprint density at radius 3 is 2.75 bits per heavy atom. The Morgan fingerprint density at radius 2 is 2.06 bits per heavy atom. The van der Waals surface area contributed by atoms with Crippen molar-refractivity contribution in [3.8, 4) is 16.9 Å². The van der Waals surface area contributed by atoms with Crippen molar-refractivity contribution in [3.05, 3.63) is 53.6 Å². The third kappa shape index (κ3) is 4.17. The second kappa shape index (κ2) is 8.98. The van der Waals surface area contributed by atoms with Crippen LogP contribution in [0.2, 0.25) is 0 Å². The molecule has 1 amide bonds. The van der Waals surface area contributed by atoms with Gasteiger partial charge in [0, 0.05) is 57.6 Å². The predicted molar refractivity (Wildman–Crippen MR) is 124 cm³/mol. The molecule has 1 aliphatic rings. The molecule has 1 atom stereocenters. The number of aryl methyl sites for hydroxylation is 1. The lowest BCUT2D eigenvalue weighted by molar-refractivity contribution is 0.0705. The first-order valence-corrected chi connectivity index (χ1v) is 10.9. The number of ether oxygens (including phenoxy) is 1. The molecule has 1 aromatic carbocycles. The molecule has 4 rings (SSSR count). The molecule has 0 saturated carbocycles. The summed E-state index contributed by atoms with van der Waals surface area (Å²) in [5.41, 5.74) is 4.50. The smallest absolute Gasteiger partial charge is 0.257 e. The molecular formula is C24H30N6O2. The van der Waals surface area contributed by atoms with E-state index in [0.29, 0.717) is 18.1 Å². The standard InChI is InChI=1S/C24H30N6O2/c1-16-20(14-26-29(16)4)23(31)30-11-7-9-18(15-30)22-21(13-25-24(27-22)28(2)3)17-8-6-10-19(12-17)32-5/h6,8,10,12-14,18H,7,9,11,15H2,1-5H3. The summed E-state index contributed by atoms with van der Waals surface area (Å²) in [6.07, 6.45) is 5.45. The zero-order valence-electron chi connectivity index (χ0n) is 19.4. The number of aromatic nitrogens is 4. The number of nitrogens with zero attached hydrogens (tertiary/aromatic N) is 6. The van der Waals surface area contributed by atoms with Gasteiger partial charge in [-0.15, -0.1) is 0 Å². The van der Waals surface area contributed by atoms with Crippen LogP contribution >= 0.6 is 0 Å². The first-order chi connectivity index (χ1) is 15.4. The average molecular weight is 435 g/mol. The number of hydrogen-bond acceptors (Lipinski definition) is 6. The fourth-order valence-electron chi connectivity index (χ4n) is 4.19. The van der Waals surface area contributed by atoms with Crippen LogP contribution in [0.3, 0.4) is 0 Å². The van der Waals surface area contributed by atoms with Crippen LogP contribution in [0.1, 0.15) is 40.5 Å². The van der Waals surface area contributed by atoms with E-state index in [2.05, 4.69) is 10.1 Å². The highest BCUT2D eigenvalue weighted by molar-refractivity contribution is 5.95. The van der Waals surface area contributed by atoms with Crippen molar-refractivity contribution in [2.45, 2.75) is 25.7 Å². The Hall–Kier alpha value is -3.42. The van der Waals surface area contributed by atoms with Crippen LogP contribution < -0.4 is 9.64 Å². The highest BCUT2D eigenvalue weighted by Crippen LogP contribution is 2.35. The molecule has 0 radical (unpaired) electrons. The van der Waals surface area contributed by atoms with Gasteiger partial charge >= 0.3 is 0 Å². The van der Waals surface area contributed by atoms with E-state index in [-0.39, 0.29) is 11.8 Å². The van der Waals surface area contributed by atoms with Gasteiger partial charge in [0.05, 0.1) is 24.6 Å². The Bertz CT molecular complexity index is 1120. The molecule has 0 aliphatic carbocycles. The van der Waals surface area contributed by atoms with Crippen LogP contribution in [0.4, 0.5) is 5.95 Å². The van der Waals surface area contributed by atoms with E-state index in [1.807, 2.05) is 68.3 Å². The topological polar surface area (TPSA) is 76.4 Å². The van der Waals surface area contributed by atoms with Gasteiger partial charge in [-0.1, -0.05) is 12.1 Å². The van der Waals surface area contributed by atoms with Crippen LogP contribution in [0.5, 0.6) is 5.75 Å². The molecule has 8 heteroatoms. The van der Waals surface area contributed by atoms with Crippen LogP contribution in [0.15, 0.2) is 36.7 Å². The lowest BCUT2D eigenvalue weighted by Gasteiger charge is -2.33. The van der Waals surface area contributed by atoms with Crippen molar-refractivity contribution in [3.63, 3.8) is 0 Å². The Kier molecular flexibility index (Phi) is 6.12. The van der Waals surface area contributed by atoms with Gasteiger partial charge in [0.15, 0.2) is 0 Å². The van der Waals surface area contributed by atoms with E-state index in [0.717, 1.165) is 47.7 Å². The van der Waals surface area contributed by atoms with E-state index in [1.54, 1.807) is 18.0 Å². The van der Waals surface area contributed by atoms with Gasteiger partial charge in [-0.2, -0.15) is 5.10 Å². The number of carbonyl (C=O) groups excluding carboxylic acids is 1. The maximum Gasteiger partial charge on any atom is 0.257 e. The van der Waals surface area contributed by atoms with Gasteiger partial charge in [-0.05, 0) is 37.5 Å². The minimum Gasteiger partial charge on any atom is -0.497 e. The number of benzene rings is 1. The third-order valence-electron chi connectivity index (χ3n) is 6.15. The molecule has 1 saturated heterocycles. The van der Waals surface area contributed by atoms with E-state index in [9.17, 15) is 4.79 Å². The monoisotopic (exact) mass is 434 g/mol. The SMILES string of the molecule is COc1cccc(-c2cnc(N(C)C)nc2C2CCCN(C(=O)c3cnn(C)c3C)C2)c1. The number of methoxy groups -OCH3 is 1. The molecule has 8 nitrogen and oxygen atoms in total. The Labute approximate surface area is 188 Å². The van der Waals surface area contributed by atoms with Gasteiger partial charge in [0.25, 0.3) is 5.91 Å². The molecule has 0 bridgehead atoms. The molecule has 168 valence electrons. The summed E-state index contributed by atoms with van der Waals surface area (Å²) in [5, 5.41) is 4.24. The molecule has 0 N–H and O–H groups in total. The largest absolute Gasteiger partial charge is 0.497 e. The van der Waals surface area contributed by atoms with Crippen molar-refractivity contribution in [2.75, 3.05) is 39.2 Å². The molecule has 3 aromatic rings. The summed E-state index contributed by atoms with van der Waals surface area (Å²) in [6.45, 7) is 3.29. The number of piperidine rings is 1. The summed E-state index contributed by atoms with van der Waals surface area (Å²) in [6, 6.07) is 7.95. The quantitative estimate of drug-likeness (QED) is 0.613. The van der Waals surface area contributed by atoms with Gasteiger partial charge in [0.1, 0.15) is 5.75 Å². The van der Waals surface area contributed by atoms with Gasteiger partial charge < -0.3 is 14.5 Å². The summed E-state index contributed by atoms with van der Waals surface area (Å²) >= 11 is 0. The number of amides is 1. The van der Waals surface area contributed by atoms with Crippen LogP contribution in [-0.2, 0) is 7.05 Å². The van der Waals surface area contributed by atoms with E-state index < -0.39 is 0 Å². The number of anilines is 1.